The summed E-state index contributed by atoms with van der Waals surface area (Å²) in [5, 5.41) is 11.0. The standard InChI is InChI=1S/C7H11NO2S/c1-2-3-6(9)5-4-11-7(10)8-5/h4,6,9H,2-3H2,1H3,(H,8,10). The van der Waals surface area contributed by atoms with Crippen LogP contribution in [0.2, 0.25) is 0 Å². The van der Waals surface area contributed by atoms with Gasteiger partial charge in [0.1, 0.15) is 0 Å². The summed E-state index contributed by atoms with van der Waals surface area (Å²) in [7, 11) is 0. The lowest BCUT2D eigenvalue weighted by atomic mass is 10.2. The maximum Gasteiger partial charge on any atom is 0.304 e. The molecule has 0 saturated heterocycles. The van der Waals surface area contributed by atoms with Crippen molar-refractivity contribution >= 4 is 11.3 Å². The van der Waals surface area contributed by atoms with Crippen LogP contribution in [0.25, 0.3) is 0 Å². The highest BCUT2D eigenvalue weighted by atomic mass is 32.1. The summed E-state index contributed by atoms with van der Waals surface area (Å²) in [6.07, 6.45) is 1.12. The summed E-state index contributed by atoms with van der Waals surface area (Å²) < 4.78 is 0. The van der Waals surface area contributed by atoms with Crippen LogP contribution in [0.1, 0.15) is 31.6 Å². The highest BCUT2D eigenvalue weighted by molar-refractivity contribution is 7.07. The lowest BCUT2D eigenvalue weighted by Gasteiger charge is -2.04. The summed E-state index contributed by atoms with van der Waals surface area (Å²) in [4.78, 5) is 13.1. The van der Waals surface area contributed by atoms with Gasteiger partial charge in [0, 0.05) is 5.38 Å². The second-order valence-corrected chi connectivity index (χ2v) is 3.25. The fourth-order valence-electron chi connectivity index (χ4n) is 0.885. The van der Waals surface area contributed by atoms with E-state index in [2.05, 4.69) is 4.98 Å². The molecule has 2 N–H and O–H groups in total. The van der Waals surface area contributed by atoms with Gasteiger partial charge in [-0.25, -0.2) is 0 Å². The van der Waals surface area contributed by atoms with E-state index >= 15 is 0 Å². The molecule has 62 valence electrons. The zero-order valence-electron chi connectivity index (χ0n) is 6.33. The molecule has 0 aliphatic heterocycles. The van der Waals surface area contributed by atoms with Crippen molar-refractivity contribution < 1.29 is 5.11 Å². The molecule has 3 nitrogen and oxygen atoms in total. The van der Waals surface area contributed by atoms with Gasteiger partial charge in [0.15, 0.2) is 0 Å². The lowest BCUT2D eigenvalue weighted by Crippen LogP contribution is -2.01. The minimum atomic E-state index is -0.501. The molecule has 0 aliphatic carbocycles. The van der Waals surface area contributed by atoms with Crippen LogP contribution in [0.15, 0.2) is 10.2 Å². The Kier molecular flexibility index (Phi) is 2.84. The predicted octanol–water partition coefficient (Wildman–Crippen LogP) is 1.27. The Hall–Kier alpha value is -0.610. The van der Waals surface area contributed by atoms with E-state index in [4.69, 9.17) is 0 Å². The highest BCUT2D eigenvalue weighted by Gasteiger charge is 2.07. The van der Waals surface area contributed by atoms with Gasteiger partial charge in [-0.15, -0.1) is 0 Å². The van der Waals surface area contributed by atoms with Gasteiger partial charge in [-0.1, -0.05) is 24.7 Å². The van der Waals surface area contributed by atoms with Gasteiger partial charge in [-0.2, -0.15) is 0 Å². The molecule has 0 amide bonds. The SMILES string of the molecule is CCCC(O)c1csc(=O)[nH]1. The number of aliphatic hydroxyl groups is 1. The largest absolute Gasteiger partial charge is 0.387 e. The molecule has 11 heavy (non-hydrogen) atoms. The third kappa shape index (κ3) is 2.17. The Morgan fingerprint density at radius 2 is 2.55 bits per heavy atom. The molecular weight excluding hydrogens is 162 g/mol. The van der Waals surface area contributed by atoms with E-state index in [1.54, 1.807) is 5.38 Å². The van der Waals surface area contributed by atoms with Crippen LogP contribution in [0.3, 0.4) is 0 Å². The number of thiazole rings is 1. The fourth-order valence-corrected chi connectivity index (χ4v) is 1.51. The highest BCUT2D eigenvalue weighted by Crippen LogP contribution is 2.15. The summed E-state index contributed by atoms with van der Waals surface area (Å²) in [6.45, 7) is 1.99. The van der Waals surface area contributed by atoms with Crippen LogP contribution in [0.4, 0.5) is 0 Å². The average molecular weight is 173 g/mol. The van der Waals surface area contributed by atoms with Crippen LogP contribution < -0.4 is 4.87 Å². The van der Waals surface area contributed by atoms with Crippen molar-refractivity contribution in [3.63, 3.8) is 0 Å². The van der Waals surface area contributed by atoms with E-state index in [9.17, 15) is 9.90 Å². The predicted molar refractivity (Wildman–Crippen MR) is 44.8 cm³/mol. The zero-order chi connectivity index (χ0) is 8.27. The van der Waals surface area contributed by atoms with Gasteiger partial charge in [0.05, 0.1) is 11.8 Å². The van der Waals surface area contributed by atoms with Crippen LogP contribution in [0, 0.1) is 0 Å². The van der Waals surface area contributed by atoms with Crippen LogP contribution in [0.5, 0.6) is 0 Å². The Labute approximate surface area is 68.7 Å². The Balaban J connectivity index is 2.68. The molecule has 0 bridgehead atoms. The van der Waals surface area contributed by atoms with Gasteiger partial charge >= 0.3 is 4.87 Å². The molecule has 0 radical (unpaired) electrons. The average Bonchev–Trinajstić information content (AvgIpc) is 2.36. The first-order chi connectivity index (χ1) is 5.24. The van der Waals surface area contributed by atoms with E-state index in [0.29, 0.717) is 12.1 Å². The summed E-state index contributed by atoms with van der Waals surface area (Å²) in [5.74, 6) is 0. The quantitative estimate of drug-likeness (QED) is 0.723. The maximum atomic E-state index is 10.7. The van der Waals surface area contributed by atoms with Crippen molar-refractivity contribution in [1.29, 1.82) is 0 Å². The first-order valence-electron chi connectivity index (χ1n) is 3.59. The normalized spacial score (nSPS) is 13.3. The summed E-state index contributed by atoms with van der Waals surface area (Å²) in [6, 6.07) is 0. The van der Waals surface area contributed by atoms with E-state index in [1.165, 1.54) is 0 Å². The number of rotatable bonds is 3. The van der Waals surface area contributed by atoms with Gasteiger partial charge in [0.2, 0.25) is 0 Å². The third-order valence-electron chi connectivity index (χ3n) is 1.46. The molecule has 1 rings (SSSR count). The molecule has 0 saturated carbocycles. The molecule has 0 spiro atoms. The second kappa shape index (κ2) is 3.69. The molecule has 1 heterocycles. The van der Waals surface area contributed by atoms with Crippen molar-refractivity contribution in [2.75, 3.05) is 0 Å². The molecule has 4 heteroatoms. The van der Waals surface area contributed by atoms with Crippen molar-refractivity contribution in [2.45, 2.75) is 25.9 Å². The van der Waals surface area contributed by atoms with Gasteiger partial charge in [0.25, 0.3) is 0 Å². The lowest BCUT2D eigenvalue weighted by molar-refractivity contribution is 0.162. The Bertz CT molecular complexity index is 265. The Morgan fingerprint density at radius 1 is 1.82 bits per heavy atom. The number of aromatic nitrogens is 1. The number of aromatic amines is 1. The van der Waals surface area contributed by atoms with Crippen molar-refractivity contribution in [1.82, 2.24) is 4.98 Å². The minimum Gasteiger partial charge on any atom is -0.387 e. The number of hydrogen-bond donors (Lipinski definition) is 2. The molecule has 1 atom stereocenters. The van der Waals surface area contributed by atoms with Gasteiger partial charge < -0.3 is 10.1 Å². The molecule has 1 aromatic rings. The smallest absolute Gasteiger partial charge is 0.304 e. The van der Waals surface area contributed by atoms with E-state index < -0.39 is 6.10 Å². The fraction of sp³-hybridized carbons (Fsp3) is 0.571. The number of nitrogens with one attached hydrogen (secondary N) is 1. The second-order valence-electron chi connectivity index (χ2n) is 2.41. The van der Waals surface area contributed by atoms with Gasteiger partial charge in [-0.05, 0) is 6.42 Å². The molecule has 0 aliphatic rings. The summed E-state index contributed by atoms with van der Waals surface area (Å²) in [5.41, 5.74) is 0.641. The van der Waals surface area contributed by atoms with E-state index in [1.807, 2.05) is 6.92 Å². The van der Waals surface area contributed by atoms with E-state index in [-0.39, 0.29) is 4.87 Å². The molecule has 0 fully saturated rings. The number of aliphatic hydroxyl groups excluding tert-OH is 1. The molecule has 1 aromatic heterocycles. The zero-order valence-corrected chi connectivity index (χ0v) is 7.15. The summed E-state index contributed by atoms with van der Waals surface area (Å²) >= 11 is 1.09. The molecule has 1 unspecified atom stereocenters. The minimum absolute atomic E-state index is 0.102. The third-order valence-corrected chi connectivity index (χ3v) is 2.15. The maximum absolute atomic E-state index is 10.7. The Morgan fingerprint density at radius 3 is 3.00 bits per heavy atom. The molecule has 0 aromatic carbocycles. The van der Waals surface area contributed by atoms with Crippen molar-refractivity contribution in [3.8, 4) is 0 Å². The molecular formula is C7H11NO2S. The van der Waals surface area contributed by atoms with Crippen LogP contribution in [-0.4, -0.2) is 10.1 Å². The number of H-pyrrole nitrogens is 1. The van der Waals surface area contributed by atoms with Gasteiger partial charge in [-0.3, -0.25) is 4.79 Å². The first kappa shape index (κ1) is 8.49. The topological polar surface area (TPSA) is 53.1 Å². The van der Waals surface area contributed by atoms with E-state index in [0.717, 1.165) is 17.8 Å². The van der Waals surface area contributed by atoms with Crippen molar-refractivity contribution in [3.05, 3.63) is 20.7 Å². The first-order valence-corrected chi connectivity index (χ1v) is 4.47. The number of hydrogen-bond acceptors (Lipinski definition) is 3. The monoisotopic (exact) mass is 173 g/mol. The van der Waals surface area contributed by atoms with Crippen LogP contribution in [-0.2, 0) is 0 Å². The van der Waals surface area contributed by atoms with Crippen LogP contribution >= 0.6 is 11.3 Å². The van der Waals surface area contributed by atoms with Crippen molar-refractivity contribution in [2.24, 2.45) is 0 Å².